The molecule has 3 N–H and O–H groups in total. The van der Waals surface area contributed by atoms with Crippen molar-refractivity contribution in [1.29, 1.82) is 0 Å². The van der Waals surface area contributed by atoms with Crippen LogP contribution in [0.5, 0.6) is 0 Å². The summed E-state index contributed by atoms with van der Waals surface area (Å²) in [7, 11) is 1.93. The van der Waals surface area contributed by atoms with Gasteiger partial charge in [-0.25, -0.2) is 0 Å². The van der Waals surface area contributed by atoms with E-state index < -0.39 is 0 Å². The number of para-hydroxylation sites is 1. The Morgan fingerprint density at radius 3 is 2.88 bits per heavy atom. The first-order chi connectivity index (χ1) is 8.25. The molecule has 0 radical (unpaired) electrons. The van der Waals surface area contributed by atoms with Crippen molar-refractivity contribution in [3.05, 3.63) is 47.8 Å². The van der Waals surface area contributed by atoms with Gasteiger partial charge in [0.05, 0.1) is 6.20 Å². The van der Waals surface area contributed by atoms with Crippen LogP contribution >= 0.6 is 0 Å². The predicted octanol–water partition coefficient (Wildman–Crippen LogP) is 1.33. The van der Waals surface area contributed by atoms with Crippen LogP contribution in [0.15, 0.2) is 36.7 Å². The molecule has 2 aromatic rings. The van der Waals surface area contributed by atoms with Crippen LogP contribution in [0.1, 0.15) is 11.1 Å². The van der Waals surface area contributed by atoms with E-state index >= 15 is 0 Å². The zero-order valence-corrected chi connectivity index (χ0v) is 10.1. The molecule has 1 aromatic carbocycles. The highest BCUT2D eigenvalue weighted by Crippen LogP contribution is 2.09. The molecule has 0 fully saturated rings. The van der Waals surface area contributed by atoms with Gasteiger partial charge in [-0.1, -0.05) is 18.2 Å². The lowest BCUT2D eigenvalue weighted by atomic mass is 10.2. The highest BCUT2D eigenvalue weighted by atomic mass is 15.2. The van der Waals surface area contributed by atoms with Gasteiger partial charge >= 0.3 is 0 Å². The van der Waals surface area contributed by atoms with Gasteiger partial charge < -0.3 is 11.1 Å². The lowest BCUT2D eigenvalue weighted by Crippen LogP contribution is -2.17. The summed E-state index contributed by atoms with van der Waals surface area (Å²) < 4.78 is 1.82. The molecule has 0 bridgehead atoms. The Balaban J connectivity index is 1.75. The third-order valence-electron chi connectivity index (χ3n) is 2.72. The average Bonchev–Trinajstić information content (AvgIpc) is 2.73. The van der Waals surface area contributed by atoms with Crippen LogP contribution < -0.4 is 11.1 Å². The summed E-state index contributed by atoms with van der Waals surface area (Å²) in [5.74, 6) is 0. The van der Waals surface area contributed by atoms with E-state index in [1.807, 2.05) is 48.4 Å². The Morgan fingerprint density at radius 2 is 2.18 bits per heavy atom. The Hall–Kier alpha value is -1.81. The number of benzene rings is 1. The molecule has 2 rings (SSSR count). The van der Waals surface area contributed by atoms with Crippen LogP contribution in [0.3, 0.4) is 0 Å². The molecule has 0 aliphatic rings. The average molecular weight is 230 g/mol. The number of rotatable bonds is 5. The maximum absolute atomic E-state index is 5.86. The Labute approximate surface area is 101 Å². The van der Waals surface area contributed by atoms with E-state index in [0.29, 0.717) is 0 Å². The SMILES string of the molecule is Cn1cc(CCNCc2ccccc2N)cn1. The van der Waals surface area contributed by atoms with Crippen LogP contribution in [0.4, 0.5) is 5.69 Å². The van der Waals surface area contributed by atoms with Crippen molar-refractivity contribution >= 4 is 5.69 Å². The van der Waals surface area contributed by atoms with Gasteiger partial charge in [-0.3, -0.25) is 4.68 Å². The van der Waals surface area contributed by atoms with Gasteiger partial charge in [0.25, 0.3) is 0 Å². The third kappa shape index (κ3) is 3.32. The standard InChI is InChI=1S/C13H18N4/c1-17-10-11(8-16-17)6-7-15-9-12-4-2-3-5-13(12)14/h2-5,8,10,15H,6-7,9,14H2,1H3. The number of hydrogen-bond donors (Lipinski definition) is 2. The molecule has 0 atom stereocenters. The van der Waals surface area contributed by atoms with Gasteiger partial charge in [-0.2, -0.15) is 5.10 Å². The fraction of sp³-hybridized carbons (Fsp3) is 0.308. The van der Waals surface area contributed by atoms with Gasteiger partial charge in [0, 0.05) is 25.5 Å². The Kier molecular flexibility index (Phi) is 3.77. The number of hydrogen-bond acceptors (Lipinski definition) is 3. The molecule has 1 aromatic heterocycles. The topological polar surface area (TPSA) is 55.9 Å². The summed E-state index contributed by atoms with van der Waals surface area (Å²) in [6.45, 7) is 1.74. The first kappa shape index (κ1) is 11.7. The van der Waals surface area contributed by atoms with E-state index in [2.05, 4.69) is 10.4 Å². The maximum Gasteiger partial charge on any atom is 0.0522 e. The largest absolute Gasteiger partial charge is 0.398 e. The zero-order chi connectivity index (χ0) is 12.1. The van der Waals surface area contributed by atoms with Crippen molar-refractivity contribution in [2.24, 2.45) is 7.05 Å². The minimum atomic E-state index is 0.812. The van der Waals surface area contributed by atoms with E-state index in [-0.39, 0.29) is 0 Å². The second kappa shape index (κ2) is 5.50. The van der Waals surface area contributed by atoms with Gasteiger partial charge in [0.2, 0.25) is 0 Å². The van der Waals surface area contributed by atoms with Crippen molar-refractivity contribution in [2.45, 2.75) is 13.0 Å². The summed E-state index contributed by atoms with van der Waals surface area (Å²) in [5, 5.41) is 7.52. The maximum atomic E-state index is 5.86. The number of anilines is 1. The third-order valence-corrected chi connectivity index (χ3v) is 2.72. The number of nitrogens with one attached hydrogen (secondary N) is 1. The second-order valence-electron chi connectivity index (χ2n) is 4.15. The van der Waals surface area contributed by atoms with Gasteiger partial charge in [0.15, 0.2) is 0 Å². The Bertz CT molecular complexity index is 476. The number of aryl methyl sites for hydroxylation is 1. The molecule has 0 aliphatic carbocycles. The summed E-state index contributed by atoms with van der Waals surface area (Å²) in [5.41, 5.74) is 9.11. The summed E-state index contributed by atoms with van der Waals surface area (Å²) >= 11 is 0. The van der Waals surface area contributed by atoms with Crippen LogP contribution in [0.25, 0.3) is 0 Å². The van der Waals surface area contributed by atoms with Crippen molar-refractivity contribution in [3.63, 3.8) is 0 Å². The minimum absolute atomic E-state index is 0.812. The van der Waals surface area contributed by atoms with E-state index in [1.54, 1.807) is 0 Å². The fourth-order valence-corrected chi connectivity index (χ4v) is 1.75. The van der Waals surface area contributed by atoms with Crippen LogP contribution in [0.2, 0.25) is 0 Å². The molecule has 0 unspecified atom stereocenters. The summed E-state index contributed by atoms with van der Waals surface area (Å²) in [4.78, 5) is 0. The number of nitrogens with two attached hydrogens (primary N) is 1. The number of nitrogens with zero attached hydrogens (tertiary/aromatic N) is 2. The van der Waals surface area contributed by atoms with E-state index in [0.717, 1.165) is 30.8 Å². The lowest BCUT2D eigenvalue weighted by molar-refractivity contribution is 0.687. The molecule has 90 valence electrons. The first-order valence-electron chi connectivity index (χ1n) is 5.77. The smallest absolute Gasteiger partial charge is 0.0522 e. The van der Waals surface area contributed by atoms with Crippen LogP contribution in [-0.4, -0.2) is 16.3 Å². The fourth-order valence-electron chi connectivity index (χ4n) is 1.75. The van der Waals surface area contributed by atoms with E-state index in [9.17, 15) is 0 Å². The Morgan fingerprint density at radius 1 is 1.35 bits per heavy atom. The number of aromatic nitrogens is 2. The van der Waals surface area contributed by atoms with E-state index in [1.165, 1.54) is 5.56 Å². The van der Waals surface area contributed by atoms with Crippen molar-refractivity contribution in [2.75, 3.05) is 12.3 Å². The van der Waals surface area contributed by atoms with Crippen molar-refractivity contribution < 1.29 is 0 Å². The van der Waals surface area contributed by atoms with Crippen molar-refractivity contribution in [1.82, 2.24) is 15.1 Å². The van der Waals surface area contributed by atoms with Gasteiger partial charge in [-0.05, 0) is 30.2 Å². The molecule has 0 saturated heterocycles. The molecule has 0 amide bonds. The predicted molar refractivity (Wildman–Crippen MR) is 69.5 cm³/mol. The summed E-state index contributed by atoms with van der Waals surface area (Å²) in [6, 6.07) is 7.94. The molecule has 1 heterocycles. The van der Waals surface area contributed by atoms with Crippen molar-refractivity contribution in [3.8, 4) is 0 Å². The van der Waals surface area contributed by atoms with Crippen LogP contribution in [0, 0.1) is 0 Å². The van der Waals surface area contributed by atoms with Crippen LogP contribution in [-0.2, 0) is 20.0 Å². The molecule has 17 heavy (non-hydrogen) atoms. The molecule has 0 aliphatic heterocycles. The number of nitrogen functional groups attached to an aromatic ring is 1. The highest BCUT2D eigenvalue weighted by Gasteiger charge is 1.98. The highest BCUT2D eigenvalue weighted by molar-refractivity contribution is 5.46. The minimum Gasteiger partial charge on any atom is -0.398 e. The molecular weight excluding hydrogens is 212 g/mol. The normalized spacial score (nSPS) is 10.6. The van der Waals surface area contributed by atoms with Gasteiger partial charge in [0.1, 0.15) is 0 Å². The molecule has 0 saturated carbocycles. The molecule has 4 nitrogen and oxygen atoms in total. The van der Waals surface area contributed by atoms with Gasteiger partial charge in [-0.15, -0.1) is 0 Å². The van der Waals surface area contributed by atoms with E-state index in [4.69, 9.17) is 5.73 Å². The second-order valence-corrected chi connectivity index (χ2v) is 4.15. The first-order valence-corrected chi connectivity index (χ1v) is 5.77. The molecular formula is C13H18N4. The molecule has 0 spiro atoms. The monoisotopic (exact) mass is 230 g/mol. The summed E-state index contributed by atoms with van der Waals surface area (Å²) in [6.07, 6.45) is 4.93. The molecule has 4 heteroatoms. The lowest BCUT2D eigenvalue weighted by Gasteiger charge is -2.06. The zero-order valence-electron chi connectivity index (χ0n) is 10.1. The quantitative estimate of drug-likeness (QED) is 0.602.